The fraction of sp³-hybridized carbons (Fsp3) is 0.435. The zero-order chi connectivity index (χ0) is 24.0. The summed E-state index contributed by atoms with van der Waals surface area (Å²) in [6, 6.07) is 11.9. The van der Waals surface area contributed by atoms with Gasteiger partial charge in [-0.05, 0) is 50.2 Å². The number of sulfonamides is 1. The molecular weight excluding hydrogens is 448 g/mol. The Labute approximate surface area is 194 Å². The van der Waals surface area contributed by atoms with Crippen molar-refractivity contribution in [2.45, 2.75) is 24.8 Å². The summed E-state index contributed by atoms with van der Waals surface area (Å²) in [5, 5.41) is 0. The quantitative estimate of drug-likeness (QED) is 0.508. The molecule has 1 aliphatic rings. The number of esters is 1. The maximum absolute atomic E-state index is 13.1. The molecule has 0 aromatic heterocycles. The molecule has 2 aromatic carbocycles. The zero-order valence-corrected chi connectivity index (χ0v) is 20.1. The number of nitrogens with zero attached hydrogens (tertiary/aromatic N) is 2. The Morgan fingerprint density at radius 1 is 0.970 bits per heavy atom. The minimum Gasteiger partial charge on any atom is -0.493 e. The number of ether oxygens (including phenoxy) is 4. The largest absolute Gasteiger partial charge is 0.493 e. The lowest BCUT2D eigenvalue weighted by molar-refractivity contribution is -0.142. The Hall–Kier alpha value is -2.98. The van der Waals surface area contributed by atoms with Gasteiger partial charge in [0.15, 0.2) is 18.1 Å². The van der Waals surface area contributed by atoms with E-state index in [1.807, 2.05) is 19.9 Å². The van der Waals surface area contributed by atoms with Gasteiger partial charge in [0.1, 0.15) is 5.75 Å². The Morgan fingerprint density at radius 2 is 1.64 bits per heavy atom. The summed E-state index contributed by atoms with van der Waals surface area (Å²) in [5.41, 5.74) is 0.850. The van der Waals surface area contributed by atoms with E-state index in [1.165, 1.54) is 18.5 Å². The lowest BCUT2D eigenvalue weighted by Crippen LogP contribution is -2.48. The van der Waals surface area contributed by atoms with E-state index >= 15 is 0 Å². The van der Waals surface area contributed by atoms with Gasteiger partial charge < -0.3 is 23.8 Å². The average molecular weight is 479 g/mol. The first-order valence-electron chi connectivity index (χ1n) is 10.6. The van der Waals surface area contributed by atoms with Crippen LogP contribution in [0.1, 0.15) is 13.8 Å². The van der Waals surface area contributed by atoms with Crippen molar-refractivity contribution in [2.24, 2.45) is 0 Å². The molecule has 2 aromatic rings. The summed E-state index contributed by atoms with van der Waals surface area (Å²) in [5.74, 6) is 1.05. The van der Waals surface area contributed by atoms with E-state index in [0.29, 0.717) is 43.4 Å². The Balaban J connectivity index is 1.67. The minimum absolute atomic E-state index is 0.0184. The third-order valence-corrected chi connectivity index (χ3v) is 7.07. The van der Waals surface area contributed by atoms with Crippen LogP contribution in [-0.4, -0.2) is 71.8 Å². The van der Waals surface area contributed by atoms with Gasteiger partial charge in [-0.3, -0.25) is 0 Å². The Bertz CT molecular complexity index is 1050. The number of hydrogen-bond acceptors (Lipinski definition) is 8. The molecular formula is C23H30N2O7S. The molecule has 3 rings (SSSR count). The molecule has 10 heteroatoms. The third-order valence-electron chi connectivity index (χ3n) is 5.16. The van der Waals surface area contributed by atoms with E-state index in [9.17, 15) is 13.2 Å². The summed E-state index contributed by atoms with van der Waals surface area (Å²) in [7, 11) is -0.786. The van der Waals surface area contributed by atoms with Crippen LogP contribution in [0.15, 0.2) is 47.4 Å². The van der Waals surface area contributed by atoms with Crippen LogP contribution < -0.4 is 19.1 Å². The number of anilines is 1. The maximum atomic E-state index is 13.1. The van der Waals surface area contributed by atoms with Gasteiger partial charge in [0.25, 0.3) is 0 Å². The second-order valence-corrected chi connectivity index (χ2v) is 9.67. The van der Waals surface area contributed by atoms with Gasteiger partial charge in [0.2, 0.25) is 10.0 Å². The van der Waals surface area contributed by atoms with Crippen molar-refractivity contribution in [2.75, 3.05) is 51.9 Å². The second kappa shape index (κ2) is 10.8. The number of methoxy groups -OCH3 is 2. The molecule has 1 heterocycles. The van der Waals surface area contributed by atoms with Crippen LogP contribution in [0.25, 0.3) is 0 Å². The normalized spacial score (nSPS) is 14.8. The van der Waals surface area contributed by atoms with Crippen molar-refractivity contribution in [3.63, 3.8) is 0 Å². The Morgan fingerprint density at radius 3 is 2.21 bits per heavy atom. The van der Waals surface area contributed by atoms with E-state index in [-0.39, 0.29) is 17.6 Å². The first kappa shape index (κ1) is 24.7. The van der Waals surface area contributed by atoms with Crippen LogP contribution in [-0.2, 0) is 19.6 Å². The number of benzene rings is 2. The van der Waals surface area contributed by atoms with Gasteiger partial charge >= 0.3 is 5.97 Å². The van der Waals surface area contributed by atoms with Crippen molar-refractivity contribution in [1.82, 2.24) is 4.31 Å². The molecule has 0 bridgehead atoms. The fourth-order valence-electron chi connectivity index (χ4n) is 3.47. The smallest absolute Gasteiger partial charge is 0.343 e. The number of piperazine rings is 1. The molecule has 0 aliphatic carbocycles. The first-order chi connectivity index (χ1) is 15.7. The SMILES string of the molecule is COC(=O)COc1cc(N2CCN(S(=O)(=O)c3ccc(OC(C)C)cc3)CC2)ccc1OC. The van der Waals surface area contributed by atoms with Crippen LogP contribution in [0.4, 0.5) is 5.69 Å². The molecule has 1 fully saturated rings. The highest BCUT2D eigenvalue weighted by Crippen LogP contribution is 2.32. The molecule has 180 valence electrons. The van der Waals surface area contributed by atoms with Gasteiger partial charge in [0.05, 0.1) is 25.2 Å². The summed E-state index contributed by atoms with van der Waals surface area (Å²) in [6.45, 7) is 5.31. The number of carbonyl (C=O) groups excluding carboxylic acids is 1. The van der Waals surface area contributed by atoms with E-state index in [4.69, 9.17) is 14.2 Å². The fourth-order valence-corrected chi connectivity index (χ4v) is 4.89. The molecule has 9 nitrogen and oxygen atoms in total. The van der Waals surface area contributed by atoms with Crippen molar-refractivity contribution in [3.8, 4) is 17.2 Å². The van der Waals surface area contributed by atoms with E-state index in [0.717, 1.165) is 5.69 Å². The van der Waals surface area contributed by atoms with Crippen LogP contribution in [0.2, 0.25) is 0 Å². The highest BCUT2D eigenvalue weighted by molar-refractivity contribution is 7.89. The average Bonchev–Trinajstić information content (AvgIpc) is 2.82. The van der Waals surface area contributed by atoms with Gasteiger partial charge in [-0.15, -0.1) is 0 Å². The first-order valence-corrected chi connectivity index (χ1v) is 12.1. The van der Waals surface area contributed by atoms with Crippen LogP contribution >= 0.6 is 0 Å². The van der Waals surface area contributed by atoms with Crippen LogP contribution in [0.3, 0.4) is 0 Å². The lowest BCUT2D eigenvalue weighted by Gasteiger charge is -2.35. The number of hydrogen-bond donors (Lipinski definition) is 0. The molecule has 0 atom stereocenters. The van der Waals surface area contributed by atoms with Crippen molar-refractivity contribution in [1.29, 1.82) is 0 Å². The van der Waals surface area contributed by atoms with E-state index < -0.39 is 16.0 Å². The molecule has 1 aliphatic heterocycles. The molecule has 33 heavy (non-hydrogen) atoms. The standard InChI is InChI=1S/C23H30N2O7S/c1-17(2)32-19-6-8-20(9-7-19)33(27,28)25-13-11-24(12-14-25)18-5-10-21(29-3)22(15-18)31-16-23(26)30-4/h5-10,15,17H,11-14,16H2,1-4H3. The molecule has 0 amide bonds. The summed E-state index contributed by atoms with van der Waals surface area (Å²) >= 11 is 0. The molecule has 0 spiro atoms. The van der Waals surface area contributed by atoms with Gasteiger partial charge in [-0.2, -0.15) is 4.31 Å². The van der Waals surface area contributed by atoms with Gasteiger partial charge in [-0.1, -0.05) is 0 Å². The van der Waals surface area contributed by atoms with Crippen LogP contribution in [0, 0.1) is 0 Å². The second-order valence-electron chi connectivity index (χ2n) is 7.73. The topological polar surface area (TPSA) is 94.6 Å². The zero-order valence-electron chi connectivity index (χ0n) is 19.3. The van der Waals surface area contributed by atoms with Crippen LogP contribution in [0.5, 0.6) is 17.2 Å². The van der Waals surface area contributed by atoms with Crippen molar-refractivity contribution < 1.29 is 32.2 Å². The molecule has 0 unspecified atom stereocenters. The predicted octanol–water partition coefficient (Wildman–Crippen LogP) is 2.55. The maximum Gasteiger partial charge on any atom is 0.343 e. The van der Waals surface area contributed by atoms with Gasteiger partial charge in [0, 0.05) is 37.9 Å². The number of carbonyl (C=O) groups is 1. The molecule has 1 saturated heterocycles. The lowest BCUT2D eigenvalue weighted by atomic mass is 10.2. The Kier molecular flexibility index (Phi) is 8.04. The van der Waals surface area contributed by atoms with E-state index in [2.05, 4.69) is 9.64 Å². The predicted molar refractivity (Wildman–Crippen MR) is 124 cm³/mol. The number of rotatable bonds is 9. The van der Waals surface area contributed by atoms with Crippen molar-refractivity contribution in [3.05, 3.63) is 42.5 Å². The minimum atomic E-state index is -3.60. The third kappa shape index (κ3) is 6.08. The summed E-state index contributed by atoms with van der Waals surface area (Å²) in [6.07, 6.45) is 0.0184. The van der Waals surface area contributed by atoms with Crippen molar-refractivity contribution >= 4 is 21.7 Å². The molecule has 0 radical (unpaired) electrons. The highest BCUT2D eigenvalue weighted by Gasteiger charge is 2.29. The molecule has 0 saturated carbocycles. The highest BCUT2D eigenvalue weighted by atomic mass is 32.2. The summed E-state index contributed by atoms with van der Waals surface area (Å²) < 4.78 is 48.7. The molecule has 0 N–H and O–H groups in total. The van der Waals surface area contributed by atoms with E-state index in [1.54, 1.807) is 36.4 Å². The van der Waals surface area contributed by atoms with Gasteiger partial charge in [-0.25, -0.2) is 13.2 Å². The summed E-state index contributed by atoms with van der Waals surface area (Å²) in [4.78, 5) is 13.7. The monoisotopic (exact) mass is 478 g/mol.